The van der Waals surface area contributed by atoms with Crippen molar-refractivity contribution in [3.8, 4) is 6.07 Å². The summed E-state index contributed by atoms with van der Waals surface area (Å²) in [5, 5.41) is 17.9. The number of nitrogens with one attached hydrogen (secondary N) is 3. The molecule has 2 heterocycles. The molecule has 3 N–H and O–H groups in total. The first-order valence-corrected chi connectivity index (χ1v) is 8.75. The second-order valence-electron chi connectivity index (χ2n) is 5.76. The minimum atomic E-state index is -0.893. The van der Waals surface area contributed by atoms with Crippen molar-refractivity contribution in [1.82, 2.24) is 20.0 Å². The number of amides is 2. The number of nitrogens with zero attached hydrogens (tertiary/aromatic N) is 3. The quantitative estimate of drug-likeness (QED) is 0.590. The summed E-state index contributed by atoms with van der Waals surface area (Å²) in [5.41, 5.74) is -0.449. The fraction of sp³-hybridized carbons (Fsp3) is 0.188. The maximum Gasteiger partial charge on any atom is 0.266 e. The van der Waals surface area contributed by atoms with Crippen LogP contribution in [0.3, 0.4) is 0 Å². The topological polar surface area (TPSA) is 120 Å². The fourth-order valence-electron chi connectivity index (χ4n) is 2.42. The van der Waals surface area contributed by atoms with Gasteiger partial charge in [-0.25, -0.2) is 4.98 Å². The number of thiol groups is 1. The molecular weight excluding hydrogens is 372 g/mol. The molecule has 8 nitrogen and oxygen atoms in total. The lowest BCUT2D eigenvalue weighted by atomic mass is 10.0. The van der Waals surface area contributed by atoms with E-state index in [1.807, 2.05) is 6.07 Å². The summed E-state index contributed by atoms with van der Waals surface area (Å²) in [5.74, 6) is -0.343. The number of hydrogen-bond donors (Lipinski definition) is 4. The molecule has 0 saturated carbocycles. The van der Waals surface area contributed by atoms with Gasteiger partial charge in [0.25, 0.3) is 11.8 Å². The number of hydrogen-bond acceptors (Lipinski definition) is 8. The van der Waals surface area contributed by atoms with Crippen LogP contribution in [0.15, 0.2) is 40.9 Å². The number of anilines is 1. The first-order chi connectivity index (χ1) is 12.4. The molecule has 2 amide bonds. The van der Waals surface area contributed by atoms with E-state index < -0.39 is 11.6 Å². The highest BCUT2D eigenvalue weighted by atomic mass is 32.1. The average Bonchev–Trinajstić information content (AvgIpc) is 3.01. The van der Waals surface area contributed by atoms with E-state index in [9.17, 15) is 9.59 Å². The van der Waals surface area contributed by atoms with E-state index in [0.717, 1.165) is 11.5 Å². The van der Waals surface area contributed by atoms with Gasteiger partial charge in [-0.15, -0.1) is 12.6 Å². The molecular formula is C16H14N6O2S2. The third-order valence-corrected chi connectivity index (χ3v) is 4.60. The number of carbonyl (C=O) groups excluding carboxylic acids is 2. The molecule has 10 heteroatoms. The molecule has 0 spiro atoms. The number of nitriles is 1. The molecule has 0 unspecified atom stereocenters. The van der Waals surface area contributed by atoms with E-state index >= 15 is 0 Å². The Morgan fingerprint density at radius 1 is 1.38 bits per heavy atom. The molecule has 1 aromatic carbocycles. The molecule has 2 aromatic rings. The van der Waals surface area contributed by atoms with Crippen molar-refractivity contribution >= 4 is 41.1 Å². The Morgan fingerprint density at radius 3 is 2.77 bits per heavy atom. The summed E-state index contributed by atoms with van der Waals surface area (Å²) in [6, 6.07) is 10.6. The normalized spacial score (nSPS) is 19.3. The molecule has 0 saturated heterocycles. The largest absolute Gasteiger partial charge is 0.356 e. The van der Waals surface area contributed by atoms with E-state index in [0.29, 0.717) is 16.5 Å². The minimum Gasteiger partial charge on any atom is -0.356 e. The molecule has 1 aromatic heterocycles. The number of carbonyl (C=O) groups is 2. The predicted molar refractivity (Wildman–Crippen MR) is 99.3 cm³/mol. The molecule has 0 fully saturated rings. The first-order valence-electron chi connectivity index (χ1n) is 7.53. The minimum absolute atomic E-state index is 0.0761. The van der Waals surface area contributed by atoms with Gasteiger partial charge in [-0.1, -0.05) is 18.2 Å². The molecule has 1 aliphatic heterocycles. The summed E-state index contributed by atoms with van der Waals surface area (Å²) in [4.78, 5) is 28.4. The van der Waals surface area contributed by atoms with Gasteiger partial charge in [0.15, 0.2) is 0 Å². The predicted octanol–water partition coefficient (Wildman–Crippen LogP) is 1.43. The summed E-state index contributed by atoms with van der Waals surface area (Å²) in [6.45, 7) is 1.73. The maximum absolute atomic E-state index is 12.1. The Hall–Kier alpha value is -2.90. The average molecular weight is 386 g/mol. The molecule has 3 rings (SSSR count). The highest BCUT2D eigenvalue weighted by Gasteiger charge is 2.35. The SMILES string of the molecule is C[C@]1(Cc2nsc(NC(=O)c3ccccc3)n2)NC(=O)C(C#N)=C(S)N1. The molecule has 132 valence electrons. The molecule has 0 bridgehead atoms. The summed E-state index contributed by atoms with van der Waals surface area (Å²) in [7, 11) is 0. The Balaban J connectivity index is 1.69. The molecule has 1 aliphatic rings. The molecule has 26 heavy (non-hydrogen) atoms. The molecule has 0 radical (unpaired) electrons. The smallest absolute Gasteiger partial charge is 0.266 e. The lowest BCUT2D eigenvalue weighted by Crippen LogP contribution is -2.61. The van der Waals surface area contributed by atoms with E-state index in [1.165, 1.54) is 0 Å². The molecule has 1 atom stereocenters. The van der Waals surface area contributed by atoms with E-state index in [4.69, 9.17) is 5.26 Å². The summed E-state index contributed by atoms with van der Waals surface area (Å²) < 4.78 is 4.21. The Morgan fingerprint density at radius 2 is 2.12 bits per heavy atom. The van der Waals surface area contributed by atoms with Crippen molar-refractivity contribution in [2.24, 2.45) is 0 Å². The Kier molecular flexibility index (Phi) is 4.92. The van der Waals surface area contributed by atoms with Crippen LogP contribution in [-0.2, 0) is 11.2 Å². The van der Waals surface area contributed by atoms with Gasteiger partial charge >= 0.3 is 0 Å². The van der Waals surface area contributed by atoms with Gasteiger partial charge in [-0.3, -0.25) is 14.9 Å². The highest BCUT2D eigenvalue weighted by Crippen LogP contribution is 2.21. The molecule has 0 aliphatic carbocycles. The summed E-state index contributed by atoms with van der Waals surface area (Å²) >= 11 is 5.21. The van der Waals surface area contributed by atoms with Crippen LogP contribution in [0.4, 0.5) is 5.13 Å². The monoisotopic (exact) mass is 386 g/mol. The van der Waals surface area contributed by atoms with Gasteiger partial charge in [0.2, 0.25) is 5.13 Å². The van der Waals surface area contributed by atoms with Gasteiger partial charge in [-0.05, 0) is 19.1 Å². The van der Waals surface area contributed by atoms with E-state index in [-0.39, 0.29) is 22.9 Å². The number of rotatable bonds is 4. The fourth-order valence-corrected chi connectivity index (χ4v) is 3.40. The third-order valence-electron chi connectivity index (χ3n) is 3.60. The van der Waals surface area contributed by atoms with Crippen molar-refractivity contribution in [3.05, 3.63) is 52.3 Å². The van der Waals surface area contributed by atoms with Crippen molar-refractivity contribution in [2.75, 3.05) is 5.32 Å². The van der Waals surface area contributed by atoms with Crippen molar-refractivity contribution in [3.63, 3.8) is 0 Å². The second-order valence-corrected chi connectivity index (χ2v) is 6.96. The maximum atomic E-state index is 12.1. The number of aromatic nitrogens is 2. The van der Waals surface area contributed by atoms with Crippen LogP contribution in [0.25, 0.3) is 0 Å². The Labute approximate surface area is 158 Å². The zero-order valence-corrected chi connectivity index (χ0v) is 15.3. The van der Waals surface area contributed by atoms with Crippen molar-refractivity contribution in [1.29, 1.82) is 5.26 Å². The van der Waals surface area contributed by atoms with E-state index in [2.05, 4.69) is 37.9 Å². The zero-order chi connectivity index (χ0) is 18.7. The van der Waals surface area contributed by atoms with Gasteiger partial charge in [-0.2, -0.15) is 9.64 Å². The first kappa shape index (κ1) is 17.9. The van der Waals surface area contributed by atoms with Gasteiger partial charge in [0, 0.05) is 17.1 Å². The zero-order valence-electron chi connectivity index (χ0n) is 13.6. The lowest BCUT2D eigenvalue weighted by molar-refractivity contribution is -0.119. The van der Waals surface area contributed by atoms with Crippen LogP contribution < -0.4 is 16.0 Å². The van der Waals surface area contributed by atoms with Crippen LogP contribution in [-0.4, -0.2) is 26.8 Å². The third kappa shape index (κ3) is 3.84. The summed E-state index contributed by atoms with van der Waals surface area (Å²) in [6.07, 6.45) is 0.249. The standard InChI is InChI=1S/C16H14N6O2S2/c1-16(20-13(24)10(8-17)14(25)21-16)7-11-18-15(26-22-11)19-12(23)9-5-3-2-4-6-9/h2-6,21,25H,7H2,1H3,(H,20,24)(H,18,19,22,23)/t16-/m0/s1. The van der Waals surface area contributed by atoms with Crippen LogP contribution in [0, 0.1) is 11.3 Å². The van der Waals surface area contributed by atoms with Crippen LogP contribution in [0.1, 0.15) is 23.1 Å². The van der Waals surface area contributed by atoms with Crippen LogP contribution >= 0.6 is 24.2 Å². The van der Waals surface area contributed by atoms with Gasteiger partial charge in [0.1, 0.15) is 23.1 Å². The van der Waals surface area contributed by atoms with Gasteiger partial charge < -0.3 is 10.6 Å². The second kappa shape index (κ2) is 7.15. The highest BCUT2D eigenvalue weighted by molar-refractivity contribution is 7.84. The van der Waals surface area contributed by atoms with Crippen LogP contribution in [0.5, 0.6) is 0 Å². The van der Waals surface area contributed by atoms with Crippen molar-refractivity contribution in [2.45, 2.75) is 19.0 Å². The van der Waals surface area contributed by atoms with Gasteiger partial charge in [0.05, 0.1) is 11.4 Å². The van der Waals surface area contributed by atoms with Crippen LogP contribution in [0.2, 0.25) is 0 Å². The number of benzene rings is 1. The van der Waals surface area contributed by atoms with Crippen molar-refractivity contribution < 1.29 is 9.59 Å². The Bertz CT molecular complexity index is 934. The van der Waals surface area contributed by atoms with E-state index in [1.54, 1.807) is 37.3 Å². The lowest BCUT2D eigenvalue weighted by Gasteiger charge is -2.35.